The van der Waals surface area contributed by atoms with Gasteiger partial charge in [-0.2, -0.15) is 0 Å². The third kappa shape index (κ3) is 3.42. The minimum atomic E-state index is -0.828. The lowest BCUT2D eigenvalue weighted by molar-refractivity contribution is -0.160. The predicted octanol–water partition coefficient (Wildman–Crippen LogP) is -0.645. The van der Waals surface area contributed by atoms with Crippen LogP contribution in [0.3, 0.4) is 0 Å². The molecule has 13 heavy (non-hydrogen) atoms. The molecule has 5 heteroatoms. The lowest BCUT2D eigenvalue weighted by Gasteiger charge is -2.22. The van der Waals surface area contributed by atoms with Crippen molar-refractivity contribution in [2.75, 3.05) is 20.2 Å². The molecule has 0 spiro atoms. The summed E-state index contributed by atoms with van der Waals surface area (Å²) in [7, 11) is 1.52. The molecule has 0 heterocycles. The van der Waals surface area contributed by atoms with E-state index < -0.39 is 11.9 Å². The summed E-state index contributed by atoms with van der Waals surface area (Å²) < 4.78 is 4.55. The van der Waals surface area contributed by atoms with Crippen molar-refractivity contribution in [3.8, 4) is 0 Å². The lowest BCUT2D eigenvalue weighted by Crippen LogP contribution is -2.43. The molecule has 0 saturated carbocycles. The number of nitrogens with two attached hydrogens (primary N) is 1. The Labute approximate surface area is 77.8 Å². The van der Waals surface area contributed by atoms with E-state index in [1.54, 1.807) is 13.8 Å². The van der Waals surface area contributed by atoms with Crippen LogP contribution in [0.4, 0.5) is 0 Å². The summed E-state index contributed by atoms with van der Waals surface area (Å²) in [6.07, 6.45) is 0. The Kier molecular flexibility index (Phi) is 5.06. The number of hydrogen-bond acceptors (Lipinski definition) is 4. The highest BCUT2D eigenvalue weighted by Crippen LogP contribution is 1.95. The second-order valence-electron chi connectivity index (χ2n) is 2.72. The molecule has 0 aliphatic rings. The molecule has 0 radical (unpaired) electrons. The van der Waals surface area contributed by atoms with E-state index in [-0.39, 0.29) is 12.6 Å². The molecular weight excluding hydrogens is 172 g/mol. The summed E-state index contributed by atoms with van der Waals surface area (Å²) in [6, 6.07) is -0.156. The van der Waals surface area contributed by atoms with Crippen molar-refractivity contribution >= 4 is 11.9 Å². The van der Waals surface area contributed by atoms with Crippen LogP contribution in [0.1, 0.15) is 13.8 Å². The van der Waals surface area contributed by atoms with Crippen LogP contribution >= 0.6 is 0 Å². The van der Waals surface area contributed by atoms with Crippen LogP contribution in [-0.4, -0.2) is 43.0 Å². The zero-order chi connectivity index (χ0) is 10.4. The van der Waals surface area contributed by atoms with Crippen molar-refractivity contribution in [1.82, 2.24) is 4.90 Å². The van der Waals surface area contributed by atoms with Gasteiger partial charge in [0.25, 0.3) is 0 Å². The van der Waals surface area contributed by atoms with Crippen molar-refractivity contribution in [3.05, 3.63) is 0 Å². The molecule has 1 amide bonds. The first-order valence-electron chi connectivity index (χ1n) is 4.18. The molecule has 0 saturated heterocycles. The minimum Gasteiger partial charge on any atom is -0.459 e. The Hall–Kier alpha value is -1.10. The molecule has 0 aliphatic heterocycles. The smallest absolute Gasteiger partial charge is 0.397 e. The van der Waals surface area contributed by atoms with E-state index in [4.69, 9.17) is 5.73 Å². The van der Waals surface area contributed by atoms with E-state index in [2.05, 4.69) is 4.74 Å². The number of amides is 1. The Morgan fingerprint density at radius 1 is 1.54 bits per heavy atom. The van der Waals surface area contributed by atoms with Crippen LogP contribution in [0.5, 0.6) is 0 Å². The van der Waals surface area contributed by atoms with Crippen LogP contribution in [0, 0.1) is 0 Å². The van der Waals surface area contributed by atoms with Gasteiger partial charge < -0.3 is 15.4 Å². The van der Waals surface area contributed by atoms with E-state index in [9.17, 15) is 9.59 Å². The van der Waals surface area contributed by atoms with Crippen molar-refractivity contribution in [3.63, 3.8) is 0 Å². The fourth-order valence-electron chi connectivity index (χ4n) is 0.695. The number of ether oxygens (including phenoxy) is 1. The summed E-state index contributed by atoms with van der Waals surface area (Å²) in [5.74, 6) is -1.48. The number of rotatable bonds is 3. The Morgan fingerprint density at radius 2 is 2.08 bits per heavy atom. The Balaban J connectivity index is 4.17. The van der Waals surface area contributed by atoms with Crippen LogP contribution in [-0.2, 0) is 14.3 Å². The molecule has 0 bridgehead atoms. The van der Waals surface area contributed by atoms with Gasteiger partial charge in [0.2, 0.25) is 0 Å². The van der Waals surface area contributed by atoms with Crippen LogP contribution in [0.15, 0.2) is 0 Å². The van der Waals surface area contributed by atoms with Gasteiger partial charge in [-0.3, -0.25) is 4.79 Å². The first kappa shape index (κ1) is 11.9. The Morgan fingerprint density at radius 3 is 2.46 bits per heavy atom. The molecule has 0 aromatic heterocycles. The van der Waals surface area contributed by atoms with E-state index in [0.29, 0.717) is 6.54 Å². The van der Waals surface area contributed by atoms with E-state index in [1.807, 2.05) is 0 Å². The van der Waals surface area contributed by atoms with Crippen molar-refractivity contribution in [2.24, 2.45) is 5.73 Å². The normalized spacial score (nSPS) is 12.0. The highest BCUT2D eigenvalue weighted by atomic mass is 16.5. The molecule has 2 N–H and O–H groups in total. The largest absolute Gasteiger partial charge is 0.459 e. The highest BCUT2D eigenvalue weighted by Gasteiger charge is 2.22. The lowest BCUT2D eigenvalue weighted by atomic mass is 10.3. The summed E-state index contributed by atoms with van der Waals surface area (Å²) in [4.78, 5) is 23.5. The van der Waals surface area contributed by atoms with Gasteiger partial charge in [-0.25, -0.2) is 4.79 Å². The van der Waals surface area contributed by atoms with Crippen molar-refractivity contribution < 1.29 is 14.3 Å². The fraction of sp³-hybridized carbons (Fsp3) is 0.750. The first-order chi connectivity index (χ1) is 6.04. The predicted molar refractivity (Wildman–Crippen MR) is 47.9 cm³/mol. The molecule has 0 aromatic rings. The summed E-state index contributed by atoms with van der Waals surface area (Å²) in [5.41, 5.74) is 5.34. The van der Waals surface area contributed by atoms with E-state index in [1.165, 1.54) is 11.9 Å². The number of carbonyl (C=O) groups is 2. The fourth-order valence-corrected chi connectivity index (χ4v) is 0.695. The monoisotopic (exact) mass is 188 g/mol. The summed E-state index contributed by atoms with van der Waals surface area (Å²) in [5, 5.41) is 0. The minimum absolute atomic E-state index is 0.156. The number of esters is 1. The molecule has 5 nitrogen and oxygen atoms in total. The van der Waals surface area contributed by atoms with Gasteiger partial charge in [-0.15, -0.1) is 0 Å². The molecule has 1 unspecified atom stereocenters. The number of hydrogen-bond donors (Lipinski definition) is 1. The second-order valence-corrected chi connectivity index (χ2v) is 2.72. The quantitative estimate of drug-likeness (QED) is 0.472. The summed E-state index contributed by atoms with van der Waals surface area (Å²) >= 11 is 0. The zero-order valence-corrected chi connectivity index (χ0v) is 8.24. The molecule has 1 atom stereocenters. The van der Waals surface area contributed by atoms with Crippen molar-refractivity contribution in [2.45, 2.75) is 19.9 Å². The number of likely N-dealkylation sites (N-methyl/N-ethyl adjacent to an activating group) is 1. The van der Waals surface area contributed by atoms with Gasteiger partial charge in [0.15, 0.2) is 0 Å². The average molecular weight is 188 g/mol. The van der Waals surface area contributed by atoms with Crippen LogP contribution in [0.2, 0.25) is 0 Å². The molecular formula is C8H16N2O3. The van der Waals surface area contributed by atoms with Gasteiger partial charge in [-0.05, 0) is 13.8 Å². The van der Waals surface area contributed by atoms with Gasteiger partial charge in [0, 0.05) is 19.6 Å². The molecule has 0 aliphatic carbocycles. The topological polar surface area (TPSA) is 72.6 Å². The Bertz CT molecular complexity index is 194. The van der Waals surface area contributed by atoms with Crippen LogP contribution < -0.4 is 5.73 Å². The summed E-state index contributed by atoms with van der Waals surface area (Å²) in [6.45, 7) is 3.94. The van der Waals surface area contributed by atoms with Crippen LogP contribution in [0.25, 0.3) is 0 Å². The highest BCUT2D eigenvalue weighted by molar-refractivity contribution is 6.32. The maximum atomic E-state index is 11.2. The molecule has 0 aromatic carbocycles. The maximum absolute atomic E-state index is 11.2. The SMILES string of the molecule is CCOC(=O)C(=O)N(C)C(C)CN. The third-order valence-electron chi connectivity index (χ3n) is 1.77. The van der Waals surface area contributed by atoms with Gasteiger partial charge in [0.1, 0.15) is 0 Å². The zero-order valence-electron chi connectivity index (χ0n) is 8.24. The van der Waals surface area contributed by atoms with Gasteiger partial charge in [0.05, 0.1) is 6.61 Å². The third-order valence-corrected chi connectivity index (χ3v) is 1.77. The molecule has 76 valence electrons. The second kappa shape index (κ2) is 5.53. The molecule has 0 fully saturated rings. The average Bonchev–Trinajstić information content (AvgIpc) is 2.14. The number of carbonyl (C=O) groups excluding carboxylic acids is 2. The van der Waals surface area contributed by atoms with E-state index >= 15 is 0 Å². The van der Waals surface area contributed by atoms with Gasteiger partial charge in [-0.1, -0.05) is 0 Å². The number of nitrogens with zero attached hydrogens (tertiary/aromatic N) is 1. The standard InChI is InChI=1S/C8H16N2O3/c1-4-13-8(12)7(11)10(3)6(2)5-9/h6H,4-5,9H2,1-3H3. The van der Waals surface area contributed by atoms with Crippen molar-refractivity contribution in [1.29, 1.82) is 0 Å². The van der Waals surface area contributed by atoms with E-state index in [0.717, 1.165) is 0 Å². The maximum Gasteiger partial charge on any atom is 0.397 e. The van der Waals surface area contributed by atoms with Gasteiger partial charge >= 0.3 is 11.9 Å². The first-order valence-corrected chi connectivity index (χ1v) is 4.18. The molecule has 0 rings (SSSR count).